The standard InChI is InChI=1S/C28H32O6/c1-20-25(31-17-21-9-5-3-6-10-21)26(32-19-23-13-15-24(30-2)16-14-23)27(28(29)34-20)33-18-22-11-7-4-8-12-22/h3-16,20,25-29H,17-19H2,1-2H3/t20-,25-,26+,27+,28?/m0/s1. The zero-order valence-corrected chi connectivity index (χ0v) is 19.6. The van der Waals surface area contributed by atoms with Gasteiger partial charge in [-0.1, -0.05) is 72.8 Å². The SMILES string of the molecule is COc1ccc(CO[C@@H]2[C@@H](OCc3ccccc3)[C@H](C)OC(O)[C@@H]2OCc2ccccc2)cc1. The Kier molecular flexibility index (Phi) is 8.68. The second-order valence-electron chi connectivity index (χ2n) is 8.38. The Morgan fingerprint density at radius 1 is 0.647 bits per heavy atom. The van der Waals surface area contributed by atoms with Gasteiger partial charge in [0.2, 0.25) is 0 Å². The Hall–Kier alpha value is -2.74. The van der Waals surface area contributed by atoms with Crippen LogP contribution in [0.1, 0.15) is 23.6 Å². The van der Waals surface area contributed by atoms with Crippen molar-refractivity contribution in [2.75, 3.05) is 7.11 Å². The lowest BCUT2D eigenvalue weighted by atomic mass is 9.98. The summed E-state index contributed by atoms with van der Waals surface area (Å²) in [5.41, 5.74) is 3.04. The largest absolute Gasteiger partial charge is 0.497 e. The minimum Gasteiger partial charge on any atom is -0.497 e. The van der Waals surface area contributed by atoms with Gasteiger partial charge in [-0.3, -0.25) is 0 Å². The van der Waals surface area contributed by atoms with E-state index in [-0.39, 0.29) is 6.10 Å². The maximum Gasteiger partial charge on any atom is 0.184 e. The molecule has 0 amide bonds. The van der Waals surface area contributed by atoms with Gasteiger partial charge in [0.15, 0.2) is 6.29 Å². The van der Waals surface area contributed by atoms with E-state index in [2.05, 4.69) is 0 Å². The summed E-state index contributed by atoms with van der Waals surface area (Å²) >= 11 is 0. The number of benzene rings is 3. The molecule has 1 heterocycles. The van der Waals surface area contributed by atoms with Gasteiger partial charge in [-0.15, -0.1) is 0 Å². The smallest absolute Gasteiger partial charge is 0.184 e. The van der Waals surface area contributed by atoms with Crippen molar-refractivity contribution in [2.24, 2.45) is 0 Å². The van der Waals surface area contributed by atoms with Gasteiger partial charge in [0.05, 0.1) is 33.0 Å². The molecule has 1 fully saturated rings. The zero-order chi connectivity index (χ0) is 23.8. The summed E-state index contributed by atoms with van der Waals surface area (Å²) in [4.78, 5) is 0. The van der Waals surface area contributed by atoms with Gasteiger partial charge in [-0.05, 0) is 35.7 Å². The van der Waals surface area contributed by atoms with E-state index in [1.165, 1.54) is 0 Å². The number of aliphatic hydroxyl groups excluding tert-OH is 1. The molecule has 1 unspecified atom stereocenters. The fourth-order valence-electron chi connectivity index (χ4n) is 4.04. The van der Waals surface area contributed by atoms with Gasteiger partial charge in [0.25, 0.3) is 0 Å². The van der Waals surface area contributed by atoms with Crippen molar-refractivity contribution in [1.29, 1.82) is 0 Å². The fourth-order valence-corrected chi connectivity index (χ4v) is 4.04. The molecule has 3 aromatic rings. The summed E-state index contributed by atoms with van der Waals surface area (Å²) in [6, 6.07) is 27.5. The molecular formula is C28H32O6. The van der Waals surface area contributed by atoms with Crippen LogP contribution in [0.3, 0.4) is 0 Å². The highest BCUT2D eigenvalue weighted by atomic mass is 16.7. The minimum absolute atomic E-state index is 0.327. The highest BCUT2D eigenvalue weighted by Gasteiger charge is 2.46. The van der Waals surface area contributed by atoms with Crippen molar-refractivity contribution in [1.82, 2.24) is 0 Å². The van der Waals surface area contributed by atoms with Crippen molar-refractivity contribution >= 4 is 0 Å². The van der Waals surface area contributed by atoms with E-state index in [9.17, 15) is 5.11 Å². The monoisotopic (exact) mass is 464 g/mol. The number of hydrogen-bond acceptors (Lipinski definition) is 6. The van der Waals surface area contributed by atoms with Crippen LogP contribution < -0.4 is 4.74 Å². The Bertz CT molecular complexity index is 923. The molecule has 0 radical (unpaired) electrons. The van der Waals surface area contributed by atoms with Crippen LogP contribution in [0.15, 0.2) is 84.9 Å². The summed E-state index contributed by atoms with van der Waals surface area (Å²) in [5, 5.41) is 10.8. The first-order valence-electron chi connectivity index (χ1n) is 11.5. The summed E-state index contributed by atoms with van der Waals surface area (Å²) in [6.07, 6.45) is -3.18. The number of ether oxygens (including phenoxy) is 5. The molecule has 1 N–H and O–H groups in total. The van der Waals surface area contributed by atoms with Gasteiger partial charge >= 0.3 is 0 Å². The molecule has 3 aromatic carbocycles. The Balaban J connectivity index is 1.50. The maximum absolute atomic E-state index is 10.8. The van der Waals surface area contributed by atoms with E-state index in [0.29, 0.717) is 19.8 Å². The van der Waals surface area contributed by atoms with E-state index < -0.39 is 24.6 Å². The summed E-state index contributed by atoms with van der Waals surface area (Å²) in [6.45, 7) is 2.96. The van der Waals surface area contributed by atoms with E-state index in [4.69, 9.17) is 23.7 Å². The van der Waals surface area contributed by atoms with Crippen LogP contribution in [-0.4, -0.2) is 42.9 Å². The molecule has 1 aliphatic rings. The van der Waals surface area contributed by atoms with Crippen LogP contribution in [-0.2, 0) is 38.8 Å². The number of aliphatic hydroxyl groups is 1. The third-order valence-electron chi connectivity index (χ3n) is 5.92. The molecule has 1 aliphatic heterocycles. The van der Waals surface area contributed by atoms with Crippen LogP contribution in [0.25, 0.3) is 0 Å². The summed E-state index contributed by atoms with van der Waals surface area (Å²) < 4.78 is 29.8. The van der Waals surface area contributed by atoms with Crippen LogP contribution in [0.4, 0.5) is 0 Å². The van der Waals surface area contributed by atoms with Crippen LogP contribution in [0.2, 0.25) is 0 Å². The van der Waals surface area contributed by atoms with Crippen molar-refractivity contribution in [2.45, 2.75) is 57.5 Å². The number of rotatable bonds is 10. The quantitative estimate of drug-likeness (QED) is 0.477. The van der Waals surface area contributed by atoms with E-state index in [0.717, 1.165) is 22.4 Å². The third-order valence-corrected chi connectivity index (χ3v) is 5.92. The van der Waals surface area contributed by atoms with Crippen molar-refractivity contribution in [3.05, 3.63) is 102 Å². The lowest BCUT2D eigenvalue weighted by Crippen LogP contribution is -2.59. The molecule has 0 bridgehead atoms. The molecule has 0 aliphatic carbocycles. The van der Waals surface area contributed by atoms with Gasteiger partial charge in [0.1, 0.15) is 24.1 Å². The topological polar surface area (TPSA) is 66.4 Å². The highest BCUT2D eigenvalue weighted by molar-refractivity contribution is 5.26. The predicted molar refractivity (Wildman–Crippen MR) is 128 cm³/mol. The molecule has 1 saturated heterocycles. The van der Waals surface area contributed by atoms with Crippen LogP contribution >= 0.6 is 0 Å². The fraction of sp³-hybridized carbons (Fsp3) is 0.357. The second-order valence-corrected chi connectivity index (χ2v) is 8.38. The molecule has 0 aromatic heterocycles. The average Bonchev–Trinajstić information content (AvgIpc) is 2.88. The number of hydrogen-bond donors (Lipinski definition) is 1. The van der Waals surface area contributed by atoms with E-state index >= 15 is 0 Å². The third kappa shape index (κ3) is 6.44. The molecule has 6 heteroatoms. The molecule has 0 saturated carbocycles. The van der Waals surface area contributed by atoms with Crippen LogP contribution in [0, 0.1) is 0 Å². The minimum atomic E-state index is -1.13. The molecule has 6 nitrogen and oxygen atoms in total. The van der Waals surface area contributed by atoms with Gasteiger partial charge in [0, 0.05) is 0 Å². The summed E-state index contributed by atoms with van der Waals surface area (Å²) in [5.74, 6) is 0.784. The molecule has 180 valence electrons. The molecular weight excluding hydrogens is 432 g/mol. The second kappa shape index (κ2) is 12.1. The van der Waals surface area contributed by atoms with Gasteiger partial charge in [-0.2, -0.15) is 0 Å². The first-order chi connectivity index (χ1) is 16.6. The Morgan fingerprint density at radius 3 is 1.65 bits per heavy atom. The van der Waals surface area contributed by atoms with Crippen molar-refractivity contribution < 1.29 is 28.8 Å². The van der Waals surface area contributed by atoms with Crippen molar-refractivity contribution in [3.63, 3.8) is 0 Å². The Morgan fingerprint density at radius 2 is 1.12 bits per heavy atom. The number of methoxy groups -OCH3 is 1. The normalized spacial score (nSPS) is 24.6. The van der Waals surface area contributed by atoms with Crippen molar-refractivity contribution in [3.8, 4) is 5.75 Å². The molecule has 0 spiro atoms. The highest BCUT2D eigenvalue weighted by Crippen LogP contribution is 2.29. The Labute approximate surface area is 201 Å². The first kappa shape index (κ1) is 24.4. The van der Waals surface area contributed by atoms with E-state index in [1.54, 1.807) is 7.11 Å². The predicted octanol–water partition coefficient (Wildman–Crippen LogP) is 4.49. The average molecular weight is 465 g/mol. The first-order valence-corrected chi connectivity index (χ1v) is 11.5. The molecule has 5 atom stereocenters. The van der Waals surface area contributed by atoms with Gasteiger partial charge < -0.3 is 28.8 Å². The van der Waals surface area contributed by atoms with E-state index in [1.807, 2.05) is 91.9 Å². The van der Waals surface area contributed by atoms with Gasteiger partial charge in [-0.25, -0.2) is 0 Å². The lowest BCUT2D eigenvalue weighted by Gasteiger charge is -2.43. The molecule has 4 rings (SSSR count). The molecule has 34 heavy (non-hydrogen) atoms. The zero-order valence-electron chi connectivity index (χ0n) is 19.6. The lowest BCUT2D eigenvalue weighted by molar-refractivity contribution is -0.308. The maximum atomic E-state index is 10.8. The van der Waals surface area contributed by atoms with Crippen LogP contribution in [0.5, 0.6) is 5.75 Å². The summed E-state index contributed by atoms with van der Waals surface area (Å²) in [7, 11) is 1.64.